The van der Waals surface area contributed by atoms with Gasteiger partial charge in [0.2, 0.25) is 0 Å². The molecule has 0 radical (unpaired) electrons. The Balaban J connectivity index is 1.70. The van der Waals surface area contributed by atoms with Crippen LogP contribution in [0.15, 0.2) is 59.4 Å². The number of benzene rings is 2. The predicted molar refractivity (Wildman–Crippen MR) is 103 cm³/mol. The first-order chi connectivity index (χ1) is 12.4. The maximum absolute atomic E-state index is 12.2. The molecule has 26 heavy (non-hydrogen) atoms. The van der Waals surface area contributed by atoms with Gasteiger partial charge in [-0.3, -0.25) is 4.79 Å². The van der Waals surface area contributed by atoms with Crippen molar-refractivity contribution in [3.05, 3.63) is 76.1 Å². The first-order valence-electron chi connectivity index (χ1n) is 8.22. The van der Waals surface area contributed by atoms with Crippen LogP contribution >= 0.6 is 0 Å². The van der Waals surface area contributed by atoms with Gasteiger partial charge in [0.15, 0.2) is 0 Å². The molecule has 0 aliphatic heterocycles. The molecule has 0 aliphatic rings. The average Bonchev–Trinajstić information content (AvgIpc) is 2.61. The number of aromatic nitrogens is 2. The van der Waals surface area contributed by atoms with Crippen molar-refractivity contribution in [2.75, 3.05) is 10.6 Å². The third kappa shape index (κ3) is 3.97. The maximum Gasteiger partial charge on any atom is 0.323 e. The topological polar surface area (TPSA) is 76.0 Å². The van der Waals surface area contributed by atoms with Gasteiger partial charge >= 0.3 is 6.03 Å². The standard InChI is InChI=1S/C20H20N4O2/c1-13-4-5-14(2)18(12-13)22-20(26)21-16-8-6-15(7-9-16)17-10-11-19(25)24(3)23-17/h4-12H,1-3H3,(H2,21,22,26). The monoisotopic (exact) mass is 348 g/mol. The lowest BCUT2D eigenvalue weighted by Gasteiger charge is -2.11. The third-order valence-electron chi connectivity index (χ3n) is 4.04. The Hall–Kier alpha value is -3.41. The van der Waals surface area contributed by atoms with Crippen LogP contribution in [0.2, 0.25) is 0 Å². The number of nitrogens with zero attached hydrogens (tertiary/aromatic N) is 2. The minimum atomic E-state index is -0.299. The average molecular weight is 348 g/mol. The van der Waals surface area contributed by atoms with Crippen molar-refractivity contribution >= 4 is 17.4 Å². The van der Waals surface area contributed by atoms with Crippen LogP contribution in [-0.4, -0.2) is 15.8 Å². The summed E-state index contributed by atoms with van der Waals surface area (Å²) in [5, 5.41) is 9.88. The maximum atomic E-state index is 12.2. The second kappa shape index (κ2) is 7.23. The molecule has 2 aromatic carbocycles. The summed E-state index contributed by atoms with van der Waals surface area (Å²) in [5.41, 5.74) is 4.94. The van der Waals surface area contributed by atoms with E-state index in [1.54, 1.807) is 25.2 Å². The van der Waals surface area contributed by atoms with Crippen molar-refractivity contribution in [3.63, 3.8) is 0 Å². The number of anilines is 2. The molecule has 0 aliphatic carbocycles. The van der Waals surface area contributed by atoms with Crippen molar-refractivity contribution in [1.82, 2.24) is 9.78 Å². The van der Waals surface area contributed by atoms with E-state index in [-0.39, 0.29) is 11.6 Å². The zero-order chi connectivity index (χ0) is 18.7. The molecule has 132 valence electrons. The molecule has 0 fully saturated rings. The molecular weight excluding hydrogens is 328 g/mol. The van der Waals surface area contributed by atoms with Crippen LogP contribution in [0, 0.1) is 13.8 Å². The minimum absolute atomic E-state index is 0.157. The number of urea groups is 1. The van der Waals surface area contributed by atoms with Crippen molar-refractivity contribution in [3.8, 4) is 11.3 Å². The fraction of sp³-hybridized carbons (Fsp3) is 0.150. The number of hydrogen-bond donors (Lipinski definition) is 2. The zero-order valence-electron chi connectivity index (χ0n) is 14.9. The summed E-state index contributed by atoms with van der Waals surface area (Å²) in [5.74, 6) is 0. The molecule has 1 heterocycles. The van der Waals surface area contributed by atoms with Crippen LogP contribution in [0.4, 0.5) is 16.2 Å². The van der Waals surface area contributed by atoms with Gasteiger partial charge in [-0.15, -0.1) is 0 Å². The van der Waals surface area contributed by atoms with Crippen molar-refractivity contribution in [2.24, 2.45) is 7.05 Å². The second-order valence-corrected chi connectivity index (χ2v) is 6.16. The quantitative estimate of drug-likeness (QED) is 0.757. The SMILES string of the molecule is Cc1ccc(C)c(NC(=O)Nc2ccc(-c3ccc(=O)n(C)n3)cc2)c1. The molecule has 0 saturated carbocycles. The fourth-order valence-electron chi connectivity index (χ4n) is 2.54. The molecule has 2 amide bonds. The molecule has 0 spiro atoms. The fourth-order valence-corrected chi connectivity index (χ4v) is 2.54. The largest absolute Gasteiger partial charge is 0.323 e. The molecule has 6 heteroatoms. The number of hydrogen-bond acceptors (Lipinski definition) is 3. The summed E-state index contributed by atoms with van der Waals surface area (Å²) in [6.07, 6.45) is 0. The van der Waals surface area contributed by atoms with Gasteiger partial charge < -0.3 is 10.6 Å². The van der Waals surface area contributed by atoms with E-state index < -0.39 is 0 Å². The smallest absolute Gasteiger partial charge is 0.308 e. The number of amides is 2. The highest BCUT2D eigenvalue weighted by molar-refractivity contribution is 6.00. The first kappa shape index (κ1) is 17.4. The lowest BCUT2D eigenvalue weighted by Crippen LogP contribution is -2.20. The summed E-state index contributed by atoms with van der Waals surface area (Å²) in [6, 6.07) is 16.1. The number of nitrogens with one attached hydrogen (secondary N) is 2. The molecule has 0 saturated heterocycles. The molecule has 3 rings (SSSR count). The predicted octanol–water partition coefficient (Wildman–Crippen LogP) is 3.71. The van der Waals surface area contributed by atoms with Gasteiger partial charge in [-0.2, -0.15) is 5.10 Å². The Bertz CT molecular complexity index is 1010. The Labute approximate surface area is 151 Å². The van der Waals surface area contributed by atoms with Crippen molar-refractivity contribution < 1.29 is 4.79 Å². The summed E-state index contributed by atoms with van der Waals surface area (Å²) < 4.78 is 1.29. The van der Waals surface area contributed by atoms with Gasteiger partial charge in [-0.05, 0) is 49.2 Å². The van der Waals surface area contributed by atoms with E-state index in [4.69, 9.17) is 0 Å². The lowest BCUT2D eigenvalue weighted by molar-refractivity contribution is 0.262. The molecule has 2 N–H and O–H groups in total. The van der Waals surface area contributed by atoms with Crippen LogP contribution in [-0.2, 0) is 7.05 Å². The Morgan fingerprint density at radius 3 is 2.38 bits per heavy atom. The molecule has 3 aromatic rings. The highest BCUT2D eigenvalue weighted by Crippen LogP contribution is 2.20. The number of carbonyl (C=O) groups excluding carboxylic acids is 1. The molecule has 1 aromatic heterocycles. The van der Waals surface area contributed by atoms with E-state index in [0.29, 0.717) is 11.4 Å². The summed E-state index contributed by atoms with van der Waals surface area (Å²) in [4.78, 5) is 23.6. The minimum Gasteiger partial charge on any atom is -0.308 e. The van der Waals surface area contributed by atoms with E-state index in [9.17, 15) is 9.59 Å². The van der Waals surface area contributed by atoms with Gasteiger partial charge in [0, 0.05) is 30.1 Å². The Morgan fingerprint density at radius 2 is 1.69 bits per heavy atom. The van der Waals surface area contributed by atoms with E-state index in [2.05, 4.69) is 15.7 Å². The molecule has 0 atom stereocenters. The lowest BCUT2D eigenvalue weighted by atomic mass is 10.1. The van der Waals surface area contributed by atoms with Crippen molar-refractivity contribution in [2.45, 2.75) is 13.8 Å². The molecule has 6 nitrogen and oxygen atoms in total. The molecular formula is C20H20N4O2. The zero-order valence-corrected chi connectivity index (χ0v) is 14.9. The Morgan fingerprint density at radius 1 is 0.962 bits per heavy atom. The second-order valence-electron chi connectivity index (χ2n) is 6.16. The van der Waals surface area contributed by atoms with Gasteiger partial charge in [-0.1, -0.05) is 24.3 Å². The van der Waals surface area contributed by atoms with Gasteiger partial charge in [0.25, 0.3) is 5.56 Å². The summed E-state index contributed by atoms with van der Waals surface area (Å²) in [6.45, 7) is 3.93. The summed E-state index contributed by atoms with van der Waals surface area (Å²) >= 11 is 0. The van der Waals surface area contributed by atoms with E-state index >= 15 is 0 Å². The van der Waals surface area contributed by atoms with Crippen LogP contribution < -0.4 is 16.2 Å². The summed E-state index contributed by atoms with van der Waals surface area (Å²) in [7, 11) is 1.61. The van der Waals surface area contributed by atoms with Crippen LogP contribution in [0.3, 0.4) is 0 Å². The van der Waals surface area contributed by atoms with Crippen molar-refractivity contribution in [1.29, 1.82) is 0 Å². The number of carbonyl (C=O) groups is 1. The normalized spacial score (nSPS) is 10.4. The highest BCUT2D eigenvalue weighted by Gasteiger charge is 2.06. The van der Waals surface area contributed by atoms with E-state index in [1.165, 1.54) is 10.7 Å². The van der Waals surface area contributed by atoms with Crippen LogP contribution in [0.1, 0.15) is 11.1 Å². The number of rotatable bonds is 3. The van der Waals surface area contributed by atoms with Crippen LogP contribution in [0.25, 0.3) is 11.3 Å². The molecule has 0 unspecified atom stereocenters. The highest BCUT2D eigenvalue weighted by atomic mass is 16.2. The first-order valence-corrected chi connectivity index (χ1v) is 8.22. The Kier molecular flexibility index (Phi) is 4.84. The third-order valence-corrected chi connectivity index (χ3v) is 4.04. The van der Waals surface area contributed by atoms with Gasteiger partial charge in [0.05, 0.1) is 5.69 Å². The molecule has 0 bridgehead atoms. The van der Waals surface area contributed by atoms with E-state index in [0.717, 1.165) is 22.4 Å². The van der Waals surface area contributed by atoms with Crippen LogP contribution in [0.5, 0.6) is 0 Å². The van der Waals surface area contributed by atoms with Gasteiger partial charge in [-0.25, -0.2) is 9.48 Å². The van der Waals surface area contributed by atoms with Gasteiger partial charge in [0.1, 0.15) is 0 Å². The number of aryl methyl sites for hydroxylation is 3. The van der Waals surface area contributed by atoms with E-state index in [1.807, 2.05) is 44.2 Å².